The summed E-state index contributed by atoms with van der Waals surface area (Å²) >= 11 is 0. The fourth-order valence-corrected chi connectivity index (χ4v) is 2.75. The number of amides is 2. The summed E-state index contributed by atoms with van der Waals surface area (Å²) in [5.74, 6) is 6.63. The molecule has 0 radical (unpaired) electrons. The Morgan fingerprint density at radius 2 is 2.29 bits per heavy atom. The molecule has 1 saturated heterocycles. The summed E-state index contributed by atoms with van der Waals surface area (Å²) in [6.45, 7) is 5.55. The molecular formula is C15H23N3O3. The van der Waals surface area contributed by atoms with E-state index in [-0.39, 0.29) is 5.91 Å². The van der Waals surface area contributed by atoms with Gasteiger partial charge in [0, 0.05) is 13.0 Å². The van der Waals surface area contributed by atoms with E-state index in [0.717, 1.165) is 19.4 Å². The van der Waals surface area contributed by atoms with E-state index in [1.54, 1.807) is 6.07 Å². The standard InChI is InChI=1S/C15H23N3O3/c1-10(2)11-3-4-14(19)18(6-5-11)8-13-7-12(9-21-13)15(20)17-16/h7,9-11H,3-6,8,16H2,1-2H3,(H,17,20). The van der Waals surface area contributed by atoms with Gasteiger partial charge in [0.1, 0.15) is 12.0 Å². The fourth-order valence-electron chi connectivity index (χ4n) is 2.75. The molecule has 6 heteroatoms. The van der Waals surface area contributed by atoms with Gasteiger partial charge in [-0.1, -0.05) is 13.8 Å². The molecule has 0 saturated carbocycles. The van der Waals surface area contributed by atoms with Crippen LogP contribution in [-0.4, -0.2) is 23.3 Å². The van der Waals surface area contributed by atoms with E-state index in [9.17, 15) is 9.59 Å². The van der Waals surface area contributed by atoms with E-state index >= 15 is 0 Å². The van der Waals surface area contributed by atoms with Gasteiger partial charge < -0.3 is 9.32 Å². The Kier molecular flexibility index (Phi) is 5.01. The van der Waals surface area contributed by atoms with Crippen molar-refractivity contribution in [2.75, 3.05) is 6.54 Å². The van der Waals surface area contributed by atoms with Crippen LogP contribution in [0.25, 0.3) is 0 Å². The Labute approximate surface area is 124 Å². The van der Waals surface area contributed by atoms with Crippen LogP contribution in [0.1, 0.15) is 49.2 Å². The van der Waals surface area contributed by atoms with Gasteiger partial charge in [-0.05, 0) is 30.7 Å². The van der Waals surface area contributed by atoms with Crippen LogP contribution in [0, 0.1) is 11.8 Å². The summed E-state index contributed by atoms with van der Waals surface area (Å²) in [6, 6.07) is 1.63. The third-order valence-corrected chi connectivity index (χ3v) is 4.19. The topological polar surface area (TPSA) is 88.6 Å². The number of hydrogen-bond acceptors (Lipinski definition) is 4. The minimum absolute atomic E-state index is 0.152. The highest BCUT2D eigenvalue weighted by molar-refractivity contribution is 5.93. The maximum atomic E-state index is 12.2. The fraction of sp³-hybridized carbons (Fsp3) is 0.600. The molecule has 0 bridgehead atoms. The molecule has 0 spiro atoms. The van der Waals surface area contributed by atoms with Crippen molar-refractivity contribution in [2.24, 2.45) is 17.7 Å². The number of furan rings is 1. The van der Waals surface area contributed by atoms with Gasteiger partial charge in [-0.2, -0.15) is 0 Å². The predicted octanol–water partition coefficient (Wildman–Crippen LogP) is 1.67. The SMILES string of the molecule is CC(C)C1CCC(=O)N(Cc2cc(C(=O)NN)co2)CC1. The van der Waals surface area contributed by atoms with Gasteiger partial charge in [-0.25, -0.2) is 5.84 Å². The first kappa shape index (κ1) is 15.6. The highest BCUT2D eigenvalue weighted by Gasteiger charge is 2.25. The van der Waals surface area contributed by atoms with E-state index < -0.39 is 5.91 Å². The molecule has 1 unspecified atom stereocenters. The molecule has 1 aromatic heterocycles. The van der Waals surface area contributed by atoms with Crippen molar-refractivity contribution in [2.45, 2.75) is 39.7 Å². The number of nitrogens with one attached hydrogen (secondary N) is 1. The number of carbonyl (C=O) groups excluding carboxylic acids is 2. The molecule has 2 amide bonds. The van der Waals surface area contributed by atoms with Crippen LogP contribution in [0.3, 0.4) is 0 Å². The number of hydrogen-bond donors (Lipinski definition) is 2. The van der Waals surface area contributed by atoms with Gasteiger partial charge in [-0.3, -0.25) is 15.0 Å². The summed E-state index contributed by atoms with van der Waals surface area (Å²) in [7, 11) is 0. The molecule has 116 valence electrons. The molecule has 1 aromatic rings. The van der Waals surface area contributed by atoms with Gasteiger partial charge in [-0.15, -0.1) is 0 Å². The highest BCUT2D eigenvalue weighted by Crippen LogP contribution is 2.26. The second-order valence-corrected chi connectivity index (χ2v) is 5.92. The monoisotopic (exact) mass is 293 g/mol. The second-order valence-electron chi connectivity index (χ2n) is 5.92. The molecule has 6 nitrogen and oxygen atoms in total. The molecule has 3 N–H and O–H groups in total. The Bertz CT molecular complexity index is 510. The minimum atomic E-state index is -0.396. The van der Waals surface area contributed by atoms with E-state index in [2.05, 4.69) is 19.3 Å². The van der Waals surface area contributed by atoms with Crippen LogP contribution < -0.4 is 11.3 Å². The lowest BCUT2D eigenvalue weighted by Gasteiger charge is -2.20. The Morgan fingerprint density at radius 3 is 2.95 bits per heavy atom. The maximum Gasteiger partial charge on any atom is 0.268 e. The van der Waals surface area contributed by atoms with Crippen LogP contribution in [0.15, 0.2) is 16.7 Å². The predicted molar refractivity (Wildman–Crippen MR) is 78.0 cm³/mol. The van der Waals surface area contributed by atoms with Crippen molar-refractivity contribution >= 4 is 11.8 Å². The number of nitrogens with two attached hydrogens (primary N) is 1. The molecule has 2 heterocycles. The van der Waals surface area contributed by atoms with Crippen LogP contribution >= 0.6 is 0 Å². The lowest BCUT2D eigenvalue weighted by atomic mass is 9.89. The molecule has 2 rings (SSSR count). The summed E-state index contributed by atoms with van der Waals surface area (Å²) in [4.78, 5) is 25.4. The van der Waals surface area contributed by atoms with E-state index in [1.807, 2.05) is 4.90 Å². The van der Waals surface area contributed by atoms with Crippen molar-refractivity contribution in [1.82, 2.24) is 10.3 Å². The summed E-state index contributed by atoms with van der Waals surface area (Å²) < 4.78 is 5.34. The lowest BCUT2D eigenvalue weighted by molar-refractivity contribution is -0.131. The molecular weight excluding hydrogens is 270 g/mol. The van der Waals surface area contributed by atoms with E-state index in [4.69, 9.17) is 10.3 Å². The Morgan fingerprint density at radius 1 is 1.52 bits per heavy atom. The average Bonchev–Trinajstić information content (AvgIpc) is 2.84. The number of likely N-dealkylation sites (tertiary alicyclic amines) is 1. The zero-order valence-electron chi connectivity index (χ0n) is 12.6. The first-order valence-electron chi connectivity index (χ1n) is 7.37. The smallest absolute Gasteiger partial charge is 0.268 e. The Balaban J connectivity index is 2.00. The zero-order chi connectivity index (χ0) is 15.4. The second kappa shape index (κ2) is 6.76. The van der Waals surface area contributed by atoms with Crippen LogP contribution in [0.4, 0.5) is 0 Å². The molecule has 1 atom stereocenters. The number of carbonyl (C=O) groups is 2. The lowest BCUT2D eigenvalue weighted by Crippen LogP contribution is -2.30. The number of nitrogens with zero attached hydrogens (tertiary/aromatic N) is 1. The first-order valence-corrected chi connectivity index (χ1v) is 7.37. The zero-order valence-corrected chi connectivity index (χ0v) is 12.6. The van der Waals surface area contributed by atoms with Crippen LogP contribution in [0.2, 0.25) is 0 Å². The number of rotatable bonds is 4. The highest BCUT2D eigenvalue weighted by atomic mass is 16.3. The quantitative estimate of drug-likeness (QED) is 0.502. The summed E-state index contributed by atoms with van der Waals surface area (Å²) in [6.07, 6.45) is 3.91. The van der Waals surface area contributed by atoms with Crippen molar-refractivity contribution in [3.63, 3.8) is 0 Å². The molecule has 1 fully saturated rings. The van der Waals surface area contributed by atoms with Crippen molar-refractivity contribution in [3.05, 3.63) is 23.7 Å². The van der Waals surface area contributed by atoms with Crippen molar-refractivity contribution in [3.8, 4) is 0 Å². The van der Waals surface area contributed by atoms with Gasteiger partial charge in [0.05, 0.1) is 12.1 Å². The molecule has 0 aromatic carbocycles. The molecule has 0 aliphatic carbocycles. The van der Waals surface area contributed by atoms with E-state index in [1.165, 1.54) is 6.26 Å². The summed E-state index contributed by atoms with van der Waals surface area (Å²) in [5.41, 5.74) is 2.43. The molecule has 1 aliphatic rings. The summed E-state index contributed by atoms with van der Waals surface area (Å²) in [5, 5.41) is 0. The van der Waals surface area contributed by atoms with Gasteiger partial charge in [0.15, 0.2) is 0 Å². The van der Waals surface area contributed by atoms with Crippen molar-refractivity contribution in [1.29, 1.82) is 0 Å². The maximum absolute atomic E-state index is 12.2. The van der Waals surface area contributed by atoms with Crippen LogP contribution in [-0.2, 0) is 11.3 Å². The van der Waals surface area contributed by atoms with Gasteiger partial charge in [0.25, 0.3) is 5.91 Å². The average molecular weight is 293 g/mol. The first-order chi connectivity index (χ1) is 10.0. The van der Waals surface area contributed by atoms with Gasteiger partial charge in [0.2, 0.25) is 5.91 Å². The largest absolute Gasteiger partial charge is 0.467 e. The van der Waals surface area contributed by atoms with Crippen LogP contribution in [0.5, 0.6) is 0 Å². The normalized spacial score (nSPS) is 19.7. The van der Waals surface area contributed by atoms with Gasteiger partial charge >= 0.3 is 0 Å². The molecule has 1 aliphatic heterocycles. The Hall–Kier alpha value is -1.82. The van der Waals surface area contributed by atoms with E-state index in [0.29, 0.717) is 36.1 Å². The van der Waals surface area contributed by atoms with Crippen molar-refractivity contribution < 1.29 is 14.0 Å². The third-order valence-electron chi connectivity index (χ3n) is 4.19. The minimum Gasteiger partial charge on any atom is -0.467 e. The number of hydrazine groups is 1. The number of nitrogen functional groups attached to an aromatic ring is 1. The molecule has 21 heavy (non-hydrogen) atoms. The third kappa shape index (κ3) is 3.85.